The van der Waals surface area contributed by atoms with Crippen LogP contribution in [0.2, 0.25) is 0 Å². The van der Waals surface area contributed by atoms with Gasteiger partial charge >= 0.3 is 0 Å². The van der Waals surface area contributed by atoms with Crippen molar-refractivity contribution in [2.45, 2.75) is 52.2 Å². The SMILES string of the molecule is CCOC(C)(C)CNC(=O)C1CCCNC1C. The molecule has 100 valence electrons. The van der Waals surface area contributed by atoms with Crippen LogP contribution in [0.1, 0.15) is 40.5 Å². The van der Waals surface area contributed by atoms with Crippen molar-refractivity contribution in [2.24, 2.45) is 5.92 Å². The molecule has 2 atom stereocenters. The van der Waals surface area contributed by atoms with Crippen molar-refractivity contribution in [1.29, 1.82) is 0 Å². The van der Waals surface area contributed by atoms with Gasteiger partial charge in [-0.05, 0) is 47.1 Å². The van der Waals surface area contributed by atoms with Gasteiger partial charge in [0.15, 0.2) is 0 Å². The highest BCUT2D eigenvalue weighted by Crippen LogP contribution is 2.16. The average Bonchev–Trinajstić information content (AvgIpc) is 2.27. The molecule has 1 saturated heterocycles. The van der Waals surface area contributed by atoms with Crippen molar-refractivity contribution >= 4 is 5.91 Å². The molecule has 1 fully saturated rings. The van der Waals surface area contributed by atoms with Gasteiger partial charge in [-0.3, -0.25) is 4.79 Å². The molecule has 0 saturated carbocycles. The van der Waals surface area contributed by atoms with Crippen LogP contribution in [0.4, 0.5) is 0 Å². The van der Waals surface area contributed by atoms with E-state index in [1.54, 1.807) is 0 Å². The second-order valence-electron chi connectivity index (χ2n) is 5.40. The Morgan fingerprint density at radius 1 is 1.53 bits per heavy atom. The lowest BCUT2D eigenvalue weighted by molar-refractivity contribution is -0.128. The molecule has 17 heavy (non-hydrogen) atoms. The molecule has 0 radical (unpaired) electrons. The summed E-state index contributed by atoms with van der Waals surface area (Å²) in [5.74, 6) is 0.249. The van der Waals surface area contributed by atoms with Crippen LogP contribution in [-0.4, -0.2) is 37.2 Å². The third kappa shape index (κ3) is 4.64. The molecule has 2 N–H and O–H groups in total. The third-order valence-corrected chi connectivity index (χ3v) is 3.32. The van der Waals surface area contributed by atoms with Gasteiger partial charge in [-0.15, -0.1) is 0 Å². The predicted octanol–water partition coefficient (Wildman–Crippen LogP) is 1.31. The summed E-state index contributed by atoms with van der Waals surface area (Å²) in [7, 11) is 0. The first kappa shape index (κ1) is 14.5. The molecule has 1 rings (SSSR count). The first-order valence-electron chi connectivity index (χ1n) is 6.61. The third-order valence-electron chi connectivity index (χ3n) is 3.32. The Labute approximate surface area is 104 Å². The highest BCUT2D eigenvalue weighted by atomic mass is 16.5. The molecule has 1 amide bonds. The Balaban J connectivity index is 2.38. The summed E-state index contributed by atoms with van der Waals surface area (Å²) in [6, 6.07) is 0.277. The summed E-state index contributed by atoms with van der Waals surface area (Å²) >= 11 is 0. The Morgan fingerprint density at radius 3 is 2.82 bits per heavy atom. The number of ether oxygens (including phenoxy) is 1. The second kappa shape index (κ2) is 6.36. The van der Waals surface area contributed by atoms with Gasteiger partial charge in [0.2, 0.25) is 5.91 Å². The standard InChI is InChI=1S/C13H26N2O2/c1-5-17-13(3,4)9-15-12(16)11-7-6-8-14-10(11)2/h10-11,14H,5-9H2,1-4H3,(H,15,16). The van der Waals surface area contributed by atoms with E-state index in [0.717, 1.165) is 19.4 Å². The largest absolute Gasteiger partial charge is 0.374 e. The lowest BCUT2D eigenvalue weighted by Gasteiger charge is -2.31. The van der Waals surface area contributed by atoms with E-state index in [-0.39, 0.29) is 23.5 Å². The predicted molar refractivity (Wildman–Crippen MR) is 68.9 cm³/mol. The summed E-state index contributed by atoms with van der Waals surface area (Å²) in [5.41, 5.74) is -0.282. The number of amides is 1. The van der Waals surface area contributed by atoms with Gasteiger partial charge in [0.25, 0.3) is 0 Å². The molecular formula is C13H26N2O2. The minimum absolute atomic E-state index is 0.0983. The van der Waals surface area contributed by atoms with E-state index in [4.69, 9.17) is 4.74 Å². The highest BCUT2D eigenvalue weighted by molar-refractivity contribution is 5.79. The summed E-state index contributed by atoms with van der Waals surface area (Å²) in [5, 5.41) is 6.35. The Hall–Kier alpha value is -0.610. The van der Waals surface area contributed by atoms with Gasteiger partial charge in [0.1, 0.15) is 0 Å². The van der Waals surface area contributed by atoms with E-state index in [2.05, 4.69) is 17.6 Å². The van der Waals surface area contributed by atoms with Crippen molar-refractivity contribution in [3.05, 3.63) is 0 Å². The minimum Gasteiger partial charge on any atom is -0.374 e. The van der Waals surface area contributed by atoms with Gasteiger partial charge in [-0.2, -0.15) is 0 Å². The first-order chi connectivity index (χ1) is 7.96. The maximum Gasteiger partial charge on any atom is 0.224 e. The lowest BCUT2D eigenvalue weighted by atomic mass is 9.91. The molecule has 0 aromatic rings. The normalized spacial score (nSPS) is 25.6. The van der Waals surface area contributed by atoms with Crippen LogP contribution < -0.4 is 10.6 Å². The summed E-state index contributed by atoms with van der Waals surface area (Å²) in [6.07, 6.45) is 2.06. The van der Waals surface area contributed by atoms with Crippen LogP contribution in [-0.2, 0) is 9.53 Å². The van der Waals surface area contributed by atoms with Crippen LogP contribution in [0.25, 0.3) is 0 Å². The molecule has 0 spiro atoms. The number of carbonyl (C=O) groups excluding carboxylic acids is 1. The average molecular weight is 242 g/mol. The fourth-order valence-electron chi connectivity index (χ4n) is 2.27. The van der Waals surface area contributed by atoms with E-state index in [1.165, 1.54) is 0 Å². The number of carbonyl (C=O) groups is 1. The Morgan fingerprint density at radius 2 is 2.24 bits per heavy atom. The fraction of sp³-hybridized carbons (Fsp3) is 0.923. The topological polar surface area (TPSA) is 50.4 Å². The maximum atomic E-state index is 12.1. The number of nitrogens with one attached hydrogen (secondary N) is 2. The molecule has 2 unspecified atom stereocenters. The van der Waals surface area contributed by atoms with Gasteiger partial charge in [-0.1, -0.05) is 0 Å². The molecule has 1 heterocycles. The van der Waals surface area contributed by atoms with E-state index in [9.17, 15) is 4.79 Å². The molecular weight excluding hydrogens is 216 g/mol. The second-order valence-corrected chi connectivity index (χ2v) is 5.40. The summed E-state index contributed by atoms with van der Waals surface area (Å²) in [4.78, 5) is 12.1. The quantitative estimate of drug-likeness (QED) is 0.764. The van der Waals surface area contributed by atoms with Crippen molar-refractivity contribution in [1.82, 2.24) is 10.6 Å². The van der Waals surface area contributed by atoms with Crippen molar-refractivity contribution < 1.29 is 9.53 Å². The van der Waals surface area contributed by atoms with E-state index in [1.807, 2.05) is 20.8 Å². The fourth-order valence-corrected chi connectivity index (χ4v) is 2.27. The van der Waals surface area contributed by atoms with Crippen molar-refractivity contribution in [3.63, 3.8) is 0 Å². The molecule has 0 aromatic heterocycles. The zero-order chi connectivity index (χ0) is 12.9. The van der Waals surface area contributed by atoms with Crippen molar-refractivity contribution in [2.75, 3.05) is 19.7 Å². The molecule has 1 aliphatic heterocycles. The number of hydrogen-bond donors (Lipinski definition) is 2. The van der Waals surface area contributed by atoms with Crippen LogP contribution in [0.15, 0.2) is 0 Å². The van der Waals surface area contributed by atoms with Gasteiger partial charge in [0.05, 0.1) is 11.5 Å². The van der Waals surface area contributed by atoms with E-state index >= 15 is 0 Å². The lowest BCUT2D eigenvalue weighted by Crippen LogP contribution is -2.49. The van der Waals surface area contributed by atoms with E-state index < -0.39 is 0 Å². The molecule has 0 aliphatic carbocycles. The summed E-state index contributed by atoms with van der Waals surface area (Å²) < 4.78 is 5.56. The number of hydrogen-bond acceptors (Lipinski definition) is 3. The molecule has 0 bridgehead atoms. The van der Waals surface area contributed by atoms with Crippen LogP contribution in [0.5, 0.6) is 0 Å². The van der Waals surface area contributed by atoms with Crippen LogP contribution >= 0.6 is 0 Å². The monoisotopic (exact) mass is 242 g/mol. The zero-order valence-electron chi connectivity index (χ0n) is 11.5. The maximum absolute atomic E-state index is 12.1. The van der Waals surface area contributed by atoms with Gasteiger partial charge in [-0.25, -0.2) is 0 Å². The van der Waals surface area contributed by atoms with Gasteiger partial charge in [0, 0.05) is 19.2 Å². The molecule has 1 aliphatic rings. The molecule has 4 nitrogen and oxygen atoms in total. The first-order valence-corrected chi connectivity index (χ1v) is 6.61. The number of rotatable bonds is 5. The van der Waals surface area contributed by atoms with Crippen molar-refractivity contribution in [3.8, 4) is 0 Å². The molecule has 4 heteroatoms. The van der Waals surface area contributed by atoms with Crippen LogP contribution in [0.3, 0.4) is 0 Å². The van der Waals surface area contributed by atoms with Crippen LogP contribution in [0, 0.1) is 5.92 Å². The Kier molecular flexibility index (Phi) is 5.40. The summed E-state index contributed by atoms with van der Waals surface area (Å²) in [6.45, 7) is 10.3. The van der Waals surface area contributed by atoms with E-state index in [0.29, 0.717) is 13.2 Å². The smallest absolute Gasteiger partial charge is 0.224 e. The Bertz CT molecular complexity index is 254. The zero-order valence-corrected chi connectivity index (χ0v) is 11.5. The highest BCUT2D eigenvalue weighted by Gasteiger charge is 2.28. The van der Waals surface area contributed by atoms with Gasteiger partial charge < -0.3 is 15.4 Å². The minimum atomic E-state index is -0.282. The number of piperidine rings is 1. The molecule has 0 aromatic carbocycles.